The van der Waals surface area contributed by atoms with Crippen LogP contribution in [0.3, 0.4) is 0 Å². The highest BCUT2D eigenvalue weighted by Gasteiger charge is 2.00. The molecule has 0 bridgehead atoms. The standard InChI is InChI=1S/C6H5Br2N3.ClH/c7-3-1-4(6(9)10)11-5(8)2-3;/h1-2H,(H3,9,10);1H. The van der Waals surface area contributed by atoms with Crippen LogP contribution in [0.25, 0.3) is 0 Å². The Bertz CT molecular complexity index is 283. The Morgan fingerprint density at radius 3 is 2.42 bits per heavy atom. The molecule has 0 aliphatic heterocycles. The van der Waals surface area contributed by atoms with E-state index in [1.807, 2.05) is 0 Å². The van der Waals surface area contributed by atoms with Gasteiger partial charge in [-0.05, 0) is 28.1 Å². The lowest BCUT2D eigenvalue weighted by Crippen LogP contribution is -2.12. The maximum atomic E-state index is 7.10. The molecule has 0 unspecified atom stereocenters. The average molecular weight is 315 g/mol. The first-order valence-corrected chi connectivity index (χ1v) is 4.35. The highest BCUT2D eigenvalue weighted by molar-refractivity contribution is 9.11. The SMILES string of the molecule is Cl.N=C(N)c1cc(Br)cc(Br)n1. The number of hydrogen-bond acceptors (Lipinski definition) is 2. The Morgan fingerprint density at radius 2 is 2.00 bits per heavy atom. The van der Waals surface area contributed by atoms with Crippen molar-refractivity contribution in [2.75, 3.05) is 0 Å². The molecule has 3 nitrogen and oxygen atoms in total. The van der Waals surface area contributed by atoms with Crippen LogP contribution in [-0.2, 0) is 0 Å². The van der Waals surface area contributed by atoms with E-state index in [4.69, 9.17) is 11.1 Å². The molecule has 1 heterocycles. The second-order valence-corrected chi connectivity index (χ2v) is 3.64. The third kappa shape index (κ3) is 3.08. The summed E-state index contributed by atoms with van der Waals surface area (Å²) in [7, 11) is 0. The molecule has 0 fully saturated rings. The molecule has 1 rings (SSSR count). The van der Waals surface area contributed by atoms with E-state index in [9.17, 15) is 0 Å². The minimum Gasteiger partial charge on any atom is -0.382 e. The van der Waals surface area contributed by atoms with Crippen LogP contribution < -0.4 is 5.73 Å². The highest BCUT2D eigenvalue weighted by atomic mass is 79.9. The highest BCUT2D eigenvalue weighted by Crippen LogP contribution is 2.16. The van der Waals surface area contributed by atoms with Crippen LogP contribution in [0.5, 0.6) is 0 Å². The van der Waals surface area contributed by atoms with Crippen LogP contribution in [0.15, 0.2) is 21.2 Å². The molecule has 0 radical (unpaired) electrons. The van der Waals surface area contributed by atoms with Gasteiger partial charge >= 0.3 is 0 Å². The molecule has 1 aromatic heterocycles. The molecule has 12 heavy (non-hydrogen) atoms. The van der Waals surface area contributed by atoms with Crippen molar-refractivity contribution in [3.63, 3.8) is 0 Å². The topological polar surface area (TPSA) is 62.8 Å². The molecule has 0 aromatic carbocycles. The summed E-state index contributed by atoms with van der Waals surface area (Å²) >= 11 is 6.45. The summed E-state index contributed by atoms with van der Waals surface area (Å²) in [6.07, 6.45) is 0. The van der Waals surface area contributed by atoms with Crippen molar-refractivity contribution in [3.8, 4) is 0 Å². The average Bonchev–Trinajstić information content (AvgIpc) is 1.85. The molecular weight excluding hydrogens is 309 g/mol. The van der Waals surface area contributed by atoms with Gasteiger partial charge in [0.15, 0.2) is 0 Å². The molecule has 0 aliphatic carbocycles. The fourth-order valence-electron chi connectivity index (χ4n) is 0.604. The van der Waals surface area contributed by atoms with E-state index in [-0.39, 0.29) is 18.2 Å². The molecule has 66 valence electrons. The number of amidine groups is 1. The molecule has 6 heteroatoms. The van der Waals surface area contributed by atoms with Gasteiger partial charge in [0.2, 0.25) is 0 Å². The monoisotopic (exact) mass is 313 g/mol. The zero-order chi connectivity index (χ0) is 8.43. The molecule has 0 aliphatic rings. The summed E-state index contributed by atoms with van der Waals surface area (Å²) in [4.78, 5) is 3.97. The predicted octanol–water partition coefficient (Wildman–Crippen LogP) is 2.31. The Kier molecular flexibility index (Phi) is 4.74. The Morgan fingerprint density at radius 1 is 1.42 bits per heavy atom. The van der Waals surface area contributed by atoms with Gasteiger partial charge < -0.3 is 5.73 Å². The van der Waals surface area contributed by atoms with Crippen molar-refractivity contribution in [2.24, 2.45) is 5.73 Å². The van der Waals surface area contributed by atoms with Crippen molar-refractivity contribution < 1.29 is 0 Å². The number of pyridine rings is 1. The van der Waals surface area contributed by atoms with E-state index in [0.717, 1.165) is 4.47 Å². The number of rotatable bonds is 1. The van der Waals surface area contributed by atoms with Crippen LogP contribution in [0.1, 0.15) is 5.69 Å². The first-order valence-electron chi connectivity index (χ1n) is 2.77. The summed E-state index contributed by atoms with van der Waals surface area (Å²) in [5.41, 5.74) is 5.69. The molecule has 1 aromatic rings. The van der Waals surface area contributed by atoms with Crippen LogP contribution in [-0.4, -0.2) is 10.8 Å². The summed E-state index contributed by atoms with van der Waals surface area (Å²) in [5.74, 6) is -0.0352. The molecule has 0 atom stereocenters. The van der Waals surface area contributed by atoms with E-state index in [0.29, 0.717) is 10.3 Å². The van der Waals surface area contributed by atoms with Gasteiger partial charge in [0.05, 0.1) is 0 Å². The number of nitrogens with two attached hydrogens (primary N) is 1. The number of nitrogens with zero attached hydrogens (tertiary/aromatic N) is 1. The normalized spacial score (nSPS) is 8.83. The minimum atomic E-state index is -0.0352. The third-order valence-electron chi connectivity index (χ3n) is 1.03. The van der Waals surface area contributed by atoms with Crippen LogP contribution in [0, 0.1) is 5.41 Å². The lowest BCUT2D eigenvalue weighted by molar-refractivity contribution is 1.21. The van der Waals surface area contributed by atoms with Gasteiger partial charge in [-0.1, -0.05) is 15.9 Å². The Balaban J connectivity index is 0.00000121. The van der Waals surface area contributed by atoms with E-state index in [2.05, 4.69) is 36.8 Å². The van der Waals surface area contributed by atoms with Crippen molar-refractivity contribution >= 4 is 50.1 Å². The quantitative estimate of drug-likeness (QED) is 0.474. The van der Waals surface area contributed by atoms with Crippen LogP contribution >= 0.6 is 44.3 Å². The van der Waals surface area contributed by atoms with Gasteiger partial charge in [0.25, 0.3) is 0 Å². The summed E-state index contributed by atoms with van der Waals surface area (Å²) < 4.78 is 1.52. The minimum absolute atomic E-state index is 0. The molecule has 0 saturated heterocycles. The molecular formula is C6H6Br2ClN3. The number of nitrogens with one attached hydrogen (secondary N) is 1. The van der Waals surface area contributed by atoms with E-state index < -0.39 is 0 Å². The van der Waals surface area contributed by atoms with Crippen molar-refractivity contribution in [2.45, 2.75) is 0 Å². The second kappa shape index (κ2) is 4.79. The summed E-state index contributed by atoms with van der Waals surface area (Å²) in [5, 5.41) is 7.10. The lowest BCUT2D eigenvalue weighted by atomic mass is 10.3. The second-order valence-electron chi connectivity index (χ2n) is 1.91. The number of aromatic nitrogens is 1. The number of hydrogen-bond donors (Lipinski definition) is 2. The summed E-state index contributed by atoms with van der Waals surface area (Å²) in [6, 6.07) is 3.47. The zero-order valence-electron chi connectivity index (χ0n) is 5.84. The van der Waals surface area contributed by atoms with Gasteiger partial charge in [0, 0.05) is 4.47 Å². The van der Waals surface area contributed by atoms with Gasteiger partial charge in [-0.25, -0.2) is 4.98 Å². The molecule has 0 saturated carbocycles. The van der Waals surface area contributed by atoms with Gasteiger partial charge in [0.1, 0.15) is 16.1 Å². The lowest BCUT2D eigenvalue weighted by Gasteiger charge is -1.98. The van der Waals surface area contributed by atoms with Crippen molar-refractivity contribution in [1.29, 1.82) is 5.41 Å². The van der Waals surface area contributed by atoms with Crippen molar-refractivity contribution in [3.05, 3.63) is 26.9 Å². The predicted molar refractivity (Wildman–Crippen MR) is 57.9 cm³/mol. The largest absolute Gasteiger partial charge is 0.382 e. The van der Waals surface area contributed by atoms with E-state index >= 15 is 0 Å². The van der Waals surface area contributed by atoms with Crippen LogP contribution in [0.2, 0.25) is 0 Å². The first-order chi connectivity index (χ1) is 5.09. The van der Waals surface area contributed by atoms with E-state index in [1.54, 1.807) is 12.1 Å². The van der Waals surface area contributed by atoms with E-state index in [1.165, 1.54) is 0 Å². The zero-order valence-corrected chi connectivity index (χ0v) is 9.83. The number of halogens is 3. The van der Waals surface area contributed by atoms with Gasteiger partial charge in [-0.3, -0.25) is 5.41 Å². The molecule has 0 amide bonds. The van der Waals surface area contributed by atoms with Crippen molar-refractivity contribution in [1.82, 2.24) is 4.98 Å². The molecule has 0 spiro atoms. The van der Waals surface area contributed by atoms with Gasteiger partial charge in [-0.2, -0.15) is 0 Å². The van der Waals surface area contributed by atoms with Gasteiger partial charge in [-0.15, -0.1) is 12.4 Å². The fraction of sp³-hybridized carbons (Fsp3) is 0. The maximum Gasteiger partial charge on any atom is 0.141 e. The summed E-state index contributed by atoms with van der Waals surface area (Å²) in [6.45, 7) is 0. The third-order valence-corrected chi connectivity index (χ3v) is 1.90. The Labute approximate surface area is 92.9 Å². The molecule has 3 N–H and O–H groups in total. The first kappa shape index (κ1) is 11.9. The van der Waals surface area contributed by atoms with Crippen LogP contribution in [0.4, 0.5) is 0 Å². The maximum absolute atomic E-state index is 7.10. The fourth-order valence-corrected chi connectivity index (χ4v) is 1.78. The smallest absolute Gasteiger partial charge is 0.141 e. The Hall–Kier alpha value is -0.130. The number of nitrogen functional groups attached to an aromatic ring is 1.